The van der Waals surface area contributed by atoms with Gasteiger partial charge in [0.1, 0.15) is 0 Å². The number of nitrogen functional groups attached to an aromatic ring is 1. The van der Waals surface area contributed by atoms with Crippen LogP contribution in [0, 0.1) is 5.92 Å². The van der Waals surface area contributed by atoms with Crippen LogP contribution in [0.25, 0.3) is 0 Å². The molecule has 1 aromatic rings. The lowest BCUT2D eigenvalue weighted by Crippen LogP contribution is -2.26. The largest absolute Gasteiger partial charge is 0.399 e. The van der Waals surface area contributed by atoms with Crippen molar-refractivity contribution in [3.05, 3.63) is 23.2 Å². The summed E-state index contributed by atoms with van der Waals surface area (Å²) in [4.78, 5) is 0.184. The number of sulfone groups is 1. The Kier molecular flexibility index (Phi) is 3.87. The number of hydrogen-bond acceptors (Lipinski definition) is 3. The number of rotatable bonds is 2. The molecule has 0 aromatic heterocycles. The Morgan fingerprint density at radius 1 is 1.22 bits per heavy atom. The standard InChI is InChI=1S/C13H18ClNO2S/c1-9-2-5-11(6-3-9)18(16,17)13-8-10(15)4-7-12(13)14/h4,7-9,11H,2-3,5-6,15H2,1H3. The summed E-state index contributed by atoms with van der Waals surface area (Å²) < 4.78 is 25.1. The van der Waals surface area contributed by atoms with Gasteiger partial charge in [-0.15, -0.1) is 0 Å². The molecule has 0 amide bonds. The lowest BCUT2D eigenvalue weighted by atomic mass is 9.91. The number of hydrogen-bond donors (Lipinski definition) is 1. The highest BCUT2D eigenvalue weighted by Crippen LogP contribution is 2.34. The molecule has 1 aliphatic carbocycles. The highest BCUT2D eigenvalue weighted by molar-refractivity contribution is 7.92. The Bertz CT molecular complexity index is 534. The Morgan fingerprint density at radius 2 is 1.83 bits per heavy atom. The maximum atomic E-state index is 12.5. The predicted molar refractivity (Wildman–Crippen MR) is 74.5 cm³/mol. The quantitative estimate of drug-likeness (QED) is 0.849. The van der Waals surface area contributed by atoms with Crippen LogP contribution in [0.2, 0.25) is 5.02 Å². The minimum atomic E-state index is -3.35. The number of anilines is 1. The number of halogens is 1. The van der Waals surface area contributed by atoms with E-state index >= 15 is 0 Å². The molecule has 18 heavy (non-hydrogen) atoms. The molecular weight excluding hydrogens is 270 g/mol. The van der Waals surface area contributed by atoms with Gasteiger partial charge in [-0.05, 0) is 49.8 Å². The SMILES string of the molecule is CC1CCC(S(=O)(=O)c2cc(N)ccc2Cl)CC1. The minimum Gasteiger partial charge on any atom is -0.399 e. The van der Waals surface area contributed by atoms with Crippen molar-refractivity contribution in [2.45, 2.75) is 42.8 Å². The summed E-state index contributed by atoms with van der Waals surface area (Å²) in [7, 11) is -3.35. The molecule has 0 atom stereocenters. The first kappa shape index (κ1) is 13.7. The van der Waals surface area contributed by atoms with Gasteiger partial charge in [-0.1, -0.05) is 18.5 Å². The summed E-state index contributed by atoms with van der Waals surface area (Å²) in [6.45, 7) is 2.16. The monoisotopic (exact) mass is 287 g/mol. The molecule has 2 N–H and O–H groups in total. The first-order chi connectivity index (χ1) is 8.41. The average Bonchev–Trinajstić information content (AvgIpc) is 2.32. The molecule has 1 saturated carbocycles. The maximum Gasteiger partial charge on any atom is 0.182 e. The summed E-state index contributed by atoms with van der Waals surface area (Å²) in [5, 5.41) is -0.0455. The van der Waals surface area contributed by atoms with Crippen molar-refractivity contribution < 1.29 is 8.42 Å². The van der Waals surface area contributed by atoms with Crippen molar-refractivity contribution in [1.29, 1.82) is 0 Å². The minimum absolute atomic E-state index is 0.184. The molecule has 1 aromatic carbocycles. The Labute approximate surface area is 113 Å². The average molecular weight is 288 g/mol. The fourth-order valence-electron chi connectivity index (χ4n) is 2.46. The van der Waals surface area contributed by atoms with Crippen LogP contribution in [-0.2, 0) is 9.84 Å². The van der Waals surface area contributed by atoms with Crippen LogP contribution < -0.4 is 5.73 Å². The number of benzene rings is 1. The van der Waals surface area contributed by atoms with E-state index < -0.39 is 9.84 Å². The summed E-state index contributed by atoms with van der Waals surface area (Å²) in [5.41, 5.74) is 6.09. The van der Waals surface area contributed by atoms with E-state index in [4.69, 9.17) is 17.3 Å². The van der Waals surface area contributed by atoms with Gasteiger partial charge in [-0.3, -0.25) is 0 Å². The normalized spacial score (nSPS) is 25.0. The van der Waals surface area contributed by atoms with Crippen LogP contribution >= 0.6 is 11.6 Å². The van der Waals surface area contributed by atoms with Crippen molar-refractivity contribution >= 4 is 27.1 Å². The maximum absolute atomic E-state index is 12.5. The summed E-state index contributed by atoms with van der Waals surface area (Å²) in [6, 6.07) is 4.63. The first-order valence-corrected chi connectivity index (χ1v) is 8.12. The van der Waals surface area contributed by atoms with Crippen molar-refractivity contribution in [1.82, 2.24) is 0 Å². The molecule has 3 nitrogen and oxygen atoms in total. The van der Waals surface area contributed by atoms with E-state index in [0.29, 0.717) is 24.4 Å². The van der Waals surface area contributed by atoms with Crippen molar-refractivity contribution in [2.75, 3.05) is 5.73 Å². The molecule has 5 heteroatoms. The summed E-state index contributed by atoms with van der Waals surface area (Å²) in [5.74, 6) is 0.618. The smallest absolute Gasteiger partial charge is 0.182 e. The van der Waals surface area contributed by atoms with Gasteiger partial charge in [-0.25, -0.2) is 8.42 Å². The van der Waals surface area contributed by atoms with Crippen LogP contribution in [-0.4, -0.2) is 13.7 Å². The van der Waals surface area contributed by atoms with Crippen LogP contribution in [0.1, 0.15) is 32.6 Å². The molecule has 0 radical (unpaired) electrons. The molecule has 2 rings (SSSR count). The lowest BCUT2D eigenvalue weighted by Gasteiger charge is -2.26. The molecule has 1 fully saturated rings. The second-order valence-electron chi connectivity index (χ2n) is 5.12. The van der Waals surface area contributed by atoms with Crippen molar-refractivity contribution in [2.24, 2.45) is 5.92 Å². The molecule has 0 spiro atoms. The summed E-state index contributed by atoms with van der Waals surface area (Å²) in [6.07, 6.45) is 3.36. The van der Waals surface area contributed by atoms with Gasteiger partial charge in [0.25, 0.3) is 0 Å². The third-order valence-electron chi connectivity index (χ3n) is 3.66. The molecule has 0 saturated heterocycles. The predicted octanol–water partition coefficient (Wildman–Crippen LogP) is 3.27. The fourth-order valence-corrected chi connectivity index (χ4v) is 4.79. The molecule has 1 aliphatic rings. The third kappa shape index (κ3) is 2.64. The van der Waals surface area contributed by atoms with Crippen LogP contribution in [0.5, 0.6) is 0 Å². The first-order valence-electron chi connectivity index (χ1n) is 6.20. The van der Waals surface area contributed by atoms with Crippen LogP contribution in [0.4, 0.5) is 5.69 Å². The number of nitrogens with two attached hydrogens (primary N) is 1. The zero-order valence-electron chi connectivity index (χ0n) is 10.4. The van der Waals surface area contributed by atoms with E-state index in [1.165, 1.54) is 6.07 Å². The second kappa shape index (κ2) is 5.10. The topological polar surface area (TPSA) is 60.2 Å². The molecule has 0 unspecified atom stereocenters. The Hall–Kier alpha value is -0.740. The zero-order chi connectivity index (χ0) is 13.3. The van der Waals surface area contributed by atoms with Gasteiger partial charge in [0, 0.05) is 5.69 Å². The van der Waals surface area contributed by atoms with Gasteiger partial charge in [0.2, 0.25) is 0 Å². The van der Waals surface area contributed by atoms with Gasteiger partial charge < -0.3 is 5.73 Å². The zero-order valence-corrected chi connectivity index (χ0v) is 12.0. The highest BCUT2D eigenvalue weighted by Gasteiger charge is 2.32. The van der Waals surface area contributed by atoms with Gasteiger partial charge in [0.05, 0.1) is 15.2 Å². The van der Waals surface area contributed by atoms with E-state index in [-0.39, 0.29) is 15.2 Å². The van der Waals surface area contributed by atoms with E-state index in [9.17, 15) is 8.42 Å². The second-order valence-corrected chi connectivity index (χ2v) is 7.72. The molecule has 100 valence electrons. The fraction of sp³-hybridized carbons (Fsp3) is 0.538. The third-order valence-corrected chi connectivity index (χ3v) is 6.41. The van der Waals surface area contributed by atoms with Crippen LogP contribution in [0.15, 0.2) is 23.1 Å². The highest BCUT2D eigenvalue weighted by atomic mass is 35.5. The van der Waals surface area contributed by atoms with Gasteiger partial charge in [-0.2, -0.15) is 0 Å². The molecule has 0 aliphatic heterocycles. The Balaban J connectivity index is 2.33. The Morgan fingerprint density at radius 3 is 2.44 bits per heavy atom. The van der Waals surface area contributed by atoms with Gasteiger partial charge >= 0.3 is 0 Å². The van der Waals surface area contributed by atoms with E-state index in [1.54, 1.807) is 12.1 Å². The van der Waals surface area contributed by atoms with E-state index in [1.807, 2.05) is 0 Å². The van der Waals surface area contributed by atoms with E-state index in [2.05, 4.69) is 6.92 Å². The summed E-state index contributed by atoms with van der Waals surface area (Å²) >= 11 is 5.99. The van der Waals surface area contributed by atoms with Crippen molar-refractivity contribution in [3.8, 4) is 0 Å². The van der Waals surface area contributed by atoms with E-state index in [0.717, 1.165) is 12.8 Å². The van der Waals surface area contributed by atoms with Gasteiger partial charge in [0.15, 0.2) is 9.84 Å². The lowest BCUT2D eigenvalue weighted by molar-refractivity contribution is 0.382. The molecular formula is C13H18ClNO2S. The molecule has 0 heterocycles. The van der Waals surface area contributed by atoms with Crippen LogP contribution in [0.3, 0.4) is 0 Å². The molecule has 0 bridgehead atoms. The van der Waals surface area contributed by atoms with Crippen molar-refractivity contribution in [3.63, 3.8) is 0 Å².